The molecule has 0 aromatic rings. The molecular weight excluding hydrogens is 151 g/mol. The van der Waals surface area contributed by atoms with Gasteiger partial charge in [-0.2, -0.15) is 18.4 Å². The number of alkyl halides is 3. The van der Waals surface area contributed by atoms with Crippen molar-refractivity contribution in [3.05, 3.63) is 0 Å². The van der Waals surface area contributed by atoms with Crippen LogP contribution in [0.5, 0.6) is 0 Å². The summed E-state index contributed by atoms with van der Waals surface area (Å²) in [6.45, 7) is 0. The lowest BCUT2D eigenvalue weighted by atomic mass is 10.5. The van der Waals surface area contributed by atoms with Crippen LogP contribution in [-0.4, -0.2) is 17.7 Å². The van der Waals surface area contributed by atoms with Gasteiger partial charge in [-0.1, -0.05) is 0 Å². The molecule has 0 aliphatic heterocycles. The molecule has 1 nitrogen and oxygen atoms in total. The van der Waals surface area contributed by atoms with Crippen LogP contribution in [0, 0.1) is 11.3 Å². The van der Waals surface area contributed by atoms with Crippen molar-refractivity contribution in [3.8, 4) is 6.07 Å². The van der Waals surface area contributed by atoms with Gasteiger partial charge in [0.05, 0.1) is 6.07 Å². The molecule has 1 unspecified atom stereocenters. The normalized spacial score (nSPS) is 14.6. The van der Waals surface area contributed by atoms with E-state index in [1.807, 2.05) is 0 Å². The Morgan fingerprint density at radius 3 is 2.00 bits per heavy atom. The van der Waals surface area contributed by atoms with Crippen molar-refractivity contribution < 1.29 is 13.2 Å². The third-order valence-electron chi connectivity index (χ3n) is 0.650. The van der Waals surface area contributed by atoms with E-state index in [0.717, 1.165) is 6.07 Å². The molecule has 9 heavy (non-hydrogen) atoms. The van der Waals surface area contributed by atoms with E-state index in [-0.39, 0.29) is 0 Å². The second-order valence-corrected chi connectivity index (χ2v) is 2.23. The summed E-state index contributed by atoms with van der Waals surface area (Å²) in [6, 6.07) is 1.13. The Labute approximate surface area is 54.8 Å². The Morgan fingerprint density at radius 1 is 1.56 bits per heavy atom. The SMILES string of the molecule is CSC(C#N)C(F)(F)F. The third-order valence-corrected chi connectivity index (χ3v) is 1.49. The van der Waals surface area contributed by atoms with E-state index in [1.165, 1.54) is 6.26 Å². The smallest absolute Gasteiger partial charge is 0.197 e. The van der Waals surface area contributed by atoms with Gasteiger partial charge in [0.1, 0.15) is 0 Å². The fourth-order valence-corrected chi connectivity index (χ4v) is 0.632. The molecule has 0 aromatic heterocycles. The molecular formula is C4H4F3NS. The maximum atomic E-state index is 11.5. The lowest BCUT2D eigenvalue weighted by Gasteiger charge is -2.08. The van der Waals surface area contributed by atoms with Crippen molar-refractivity contribution in [2.75, 3.05) is 6.26 Å². The van der Waals surface area contributed by atoms with Crippen LogP contribution in [0.15, 0.2) is 0 Å². The predicted octanol–water partition coefficient (Wildman–Crippen LogP) is 1.80. The average Bonchev–Trinajstić information content (AvgIpc) is 1.65. The predicted molar refractivity (Wildman–Crippen MR) is 29.0 cm³/mol. The number of nitriles is 1. The van der Waals surface area contributed by atoms with Crippen LogP contribution in [0.25, 0.3) is 0 Å². The van der Waals surface area contributed by atoms with Gasteiger partial charge in [-0.15, -0.1) is 11.8 Å². The standard InChI is InChI=1S/C4H4F3NS/c1-9-3(2-8)4(5,6)7/h3H,1H3. The van der Waals surface area contributed by atoms with Gasteiger partial charge in [0.25, 0.3) is 0 Å². The van der Waals surface area contributed by atoms with E-state index in [2.05, 4.69) is 0 Å². The van der Waals surface area contributed by atoms with Crippen LogP contribution in [0.4, 0.5) is 13.2 Å². The minimum atomic E-state index is -4.38. The van der Waals surface area contributed by atoms with Crippen molar-refractivity contribution in [2.45, 2.75) is 11.4 Å². The fraction of sp³-hybridized carbons (Fsp3) is 0.750. The van der Waals surface area contributed by atoms with Crippen molar-refractivity contribution in [1.29, 1.82) is 5.26 Å². The van der Waals surface area contributed by atoms with Crippen molar-refractivity contribution >= 4 is 11.8 Å². The molecule has 0 N–H and O–H groups in total. The van der Waals surface area contributed by atoms with Crippen LogP contribution in [-0.2, 0) is 0 Å². The molecule has 52 valence electrons. The summed E-state index contributed by atoms with van der Waals surface area (Å²) in [5.74, 6) is 0. The molecule has 0 saturated carbocycles. The number of nitrogens with zero attached hydrogens (tertiary/aromatic N) is 1. The lowest BCUT2D eigenvalue weighted by Crippen LogP contribution is -2.23. The van der Waals surface area contributed by atoms with Gasteiger partial charge < -0.3 is 0 Å². The van der Waals surface area contributed by atoms with Crippen LogP contribution in [0.2, 0.25) is 0 Å². The molecule has 0 spiro atoms. The van der Waals surface area contributed by atoms with Gasteiger partial charge >= 0.3 is 6.18 Å². The minimum Gasteiger partial charge on any atom is -0.197 e. The largest absolute Gasteiger partial charge is 0.413 e. The molecule has 0 rings (SSSR count). The van der Waals surface area contributed by atoms with Crippen molar-refractivity contribution in [3.63, 3.8) is 0 Å². The molecule has 0 bridgehead atoms. The van der Waals surface area contributed by atoms with Crippen molar-refractivity contribution in [2.24, 2.45) is 0 Å². The quantitative estimate of drug-likeness (QED) is 0.576. The Balaban J connectivity index is 4.00. The van der Waals surface area contributed by atoms with Gasteiger partial charge in [-0.3, -0.25) is 0 Å². The monoisotopic (exact) mass is 155 g/mol. The number of thioether (sulfide) groups is 1. The van der Waals surface area contributed by atoms with Crippen LogP contribution >= 0.6 is 11.8 Å². The number of halogens is 3. The molecule has 5 heteroatoms. The minimum absolute atomic E-state index is 0.491. The highest BCUT2D eigenvalue weighted by molar-refractivity contribution is 7.99. The zero-order valence-electron chi connectivity index (χ0n) is 4.57. The number of rotatable bonds is 1. The van der Waals surface area contributed by atoms with E-state index in [0.29, 0.717) is 11.8 Å². The van der Waals surface area contributed by atoms with Gasteiger partial charge in [0, 0.05) is 0 Å². The average molecular weight is 155 g/mol. The molecule has 0 heterocycles. The van der Waals surface area contributed by atoms with E-state index in [9.17, 15) is 13.2 Å². The first-order valence-corrected chi connectivity index (χ1v) is 3.30. The number of hydrogen-bond donors (Lipinski definition) is 0. The molecule has 1 atom stereocenters. The Hall–Kier alpha value is -0.370. The summed E-state index contributed by atoms with van der Waals surface area (Å²) in [7, 11) is 0. The molecule has 0 aliphatic carbocycles. The molecule has 0 saturated heterocycles. The molecule has 0 aromatic carbocycles. The Kier molecular flexibility index (Phi) is 2.85. The zero-order valence-corrected chi connectivity index (χ0v) is 5.38. The van der Waals surface area contributed by atoms with Gasteiger partial charge in [-0.25, -0.2) is 0 Å². The van der Waals surface area contributed by atoms with Crippen molar-refractivity contribution in [1.82, 2.24) is 0 Å². The van der Waals surface area contributed by atoms with E-state index < -0.39 is 11.4 Å². The summed E-state index contributed by atoms with van der Waals surface area (Å²) < 4.78 is 34.4. The summed E-state index contributed by atoms with van der Waals surface area (Å²) in [6.07, 6.45) is -3.13. The van der Waals surface area contributed by atoms with E-state index in [4.69, 9.17) is 5.26 Å². The summed E-state index contributed by atoms with van der Waals surface area (Å²) >= 11 is 0.491. The summed E-state index contributed by atoms with van der Waals surface area (Å²) in [5, 5.41) is 5.99. The second-order valence-electron chi connectivity index (χ2n) is 1.29. The van der Waals surface area contributed by atoms with Crippen LogP contribution < -0.4 is 0 Å². The zero-order chi connectivity index (χ0) is 7.49. The highest BCUT2D eigenvalue weighted by Gasteiger charge is 2.39. The number of hydrogen-bond acceptors (Lipinski definition) is 2. The molecule has 0 aliphatic rings. The van der Waals surface area contributed by atoms with Crippen LogP contribution in [0.3, 0.4) is 0 Å². The van der Waals surface area contributed by atoms with E-state index in [1.54, 1.807) is 0 Å². The first-order chi connectivity index (χ1) is 4.02. The Bertz CT molecular complexity index is 125. The first kappa shape index (κ1) is 8.63. The topological polar surface area (TPSA) is 23.8 Å². The highest BCUT2D eigenvalue weighted by Crippen LogP contribution is 2.27. The molecule has 0 fully saturated rings. The fourth-order valence-electron chi connectivity index (χ4n) is 0.260. The lowest BCUT2D eigenvalue weighted by molar-refractivity contribution is -0.118. The summed E-state index contributed by atoms with van der Waals surface area (Å²) in [4.78, 5) is 0. The summed E-state index contributed by atoms with van der Waals surface area (Å²) in [5.41, 5.74) is 0. The van der Waals surface area contributed by atoms with E-state index >= 15 is 0 Å². The molecule has 0 radical (unpaired) electrons. The van der Waals surface area contributed by atoms with Gasteiger partial charge in [-0.05, 0) is 6.26 Å². The maximum Gasteiger partial charge on any atom is 0.413 e. The first-order valence-electron chi connectivity index (χ1n) is 2.01. The van der Waals surface area contributed by atoms with Crippen LogP contribution in [0.1, 0.15) is 0 Å². The molecule has 0 amide bonds. The van der Waals surface area contributed by atoms with Gasteiger partial charge in [0.2, 0.25) is 0 Å². The second kappa shape index (κ2) is 2.97. The Morgan fingerprint density at radius 2 is 2.00 bits per heavy atom. The maximum absolute atomic E-state index is 11.5. The highest BCUT2D eigenvalue weighted by atomic mass is 32.2. The van der Waals surface area contributed by atoms with Gasteiger partial charge in [0.15, 0.2) is 5.25 Å². The third kappa shape index (κ3) is 2.61.